The highest BCUT2D eigenvalue weighted by Gasteiger charge is 2.15. The van der Waals surface area contributed by atoms with Crippen LogP contribution >= 0.6 is 0 Å². The third kappa shape index (κ3) is 2.70. The number of hydrogen-bond donors (Lipinski definition) is 0. The van der Waals surface area contributed by atoms with E-state index in [1.807, 2.05) is 13.0 Å². The zero-order chi connectivity index (χ0) is 12.8. The third-order valence-corrected chi connectivity index (χ3v) is 2.62. The summed E-state index contributed by atoms with van der Waals surface area (Å²) in [5.74, 6) is -0.460. The predicted molar refractivity (Wildman–Crippen MR) is 61.6 cm³/mol. The van der Waals surface area contributed by atoms with E-state index < -0.39 is 5.97 Å². The molecule has 0 radical (unpaired) electrons. The molecule has 0 fully saturated rings. The van der Waals surface area contributed by atoms with Gasteiger partial charge in [-0.1, -0.05) is 13.0 Å². The number of esters is 1. The highest BCUT2D eigenvalue weighted by atomic mass is 16.5. The third-order valence-electron chi connectivity index (χ3n) is 2.62. The summed E-state index contributed by atoms with van der Waals surface area (Å²) in [6.45, 7) is 1.91. The van der Waals surface area contributed by atoms with Gasteiger partial charge in [-0.2, -0.15) is 5.26 Å². The van der Waals surface area contributed by atoms with Crippen LogP contribution in [0.5, 0.6) is 0 Å². The molecule has 0 unspecified atom stereocenters. The zero-order valence-electron chi connectivity index (χ0n) is 9.82. The second kappa shape index (κ2) is 5.80. The van der Waals surface area contributed by atoms with Gasteiger partial charge in [0.1, 0.15) is 0 Å². The Morgan fingerprint density at radius 3 is 2.71 bits per heavy atom. The molecule has 0 atom stereocenters. The lowest BCUT2D eigenvalue weighted by Crippen LogP contribution is -2.10. The minimum atomic E-state index is -0.460. The first kappa shape index (κ1) is 12.9. The van der Waals surface area contributed by atoms with E-state index in [1.165, 1.54) is 7.11 Å². The van der Waals surface area contributed by atoms with Crippen LogP contribution in [0, 0.1) is 11.3 Å². The molecule has 4 heteroatoms. The van der Waals surface area contributed by atoms with Crippen molar-refractivity contribution in [3.05, 3.63) is 34.4 Å². The summed E-state index contributed by atoms with van der Waals surface area (Å²) in [5, 5.41) is 8.97. The normalized spacial score (nSPS) is 9.47. The molecule has 1 aromatic carbocycles. The molecule has 4 nitrogen and oxygen atoms in total. The lowest BCUT2D eigenvalue weighted by Gasteiger charge is -2.10. The van der Waals surface area contributed by atoms with Crippen molar-refractivity contribution < 1.29 is 14.3 Å². The first-order valence-electron chi connectivity index (χ1n) is 5.24. The van der Waals surface area contributed by atoms with Crippen molar-refractivity contribution in [2.45, 2.75) is 19.8 Å². The van der Waals surface area contributed by atoms with Crippen LogP contribution in [0.15, 0.2) is 12.1 Å². The Morgan fingerprint density at radius 2 is 2.24 bits per heavy atom. The average molecular weight is 231 g/mol. The predicted octanol–water partition coefficient (Wildman–Crippen LogP) is 1.65. The number of aldehydes is 1. The fraction of sp³-hybridized carbons (Fsp3) is 0.308. The number of nitrogens with zero attached hydrogens (tertiary/aromatic N) is 1. The molecular formula is C13H13NO3. The van der Waals surface area contributed by atoms with Crippen molar-refractivity contribution in [1.82, 2.24) is 0 Å². The largest absolute Gasteiger partial charge is 0.469 e. The van der Waals surface area contributed by atoms with Crippen molar-refractivity contribution in [1.29, 1.82) is 5.26 Å². The first-order chi connectivity index (χ1) is 8.17. The molecule has 0 aliphatic rings. The second-order valence-corrected chi connectivity index (χ2v) is 3.50. The lowest BCUT2D eigenvalue weighted by molar-refractivity contribution is -0.139. The van der Waals surface area contributed by atoms with Crippen LogP contribution in [-0.2, 0) is 22.4 Å². The molecule has 0 saturated carbocycles. The van der Waals surface area contributed by atoms with Crippen molar-refractivity contribution in [2.75, 3.05) is 7.11 Å². The molecule has 0 bridgehead atoms. The van der Waals surface area contributed by atoms with Crippen LogP contribution in [-0.4, -0.2) is 19.4 Å². The van der Waals surface area contributed by atoms with Gasteiger partial charge >= 0.3 is 5.97 Å². The van der Waals surface area contributed by atoms with Crippen LogP contribution in [0.25, 0.3) is 0 Å². The van der Waals surface area contributed by atoms with Gasteiger partial charge in [0.05, 0.1) is 25.2 Å². The molecule has 0 aliphatic heterocycles. The number of carbonyl (C=O) groups is 2. The SMILES string of the molecule is CCc1ccc(C#N)c(CC(=O)OC)c1C=O. The molecule has 1 rings (SSSR count). The van der Waals surface area contributed by atoms with E-state index in [0.717, 1.165) is 5.56 Å². The number of ether oxygens (including phenoxy) is 1. The fourth-order valence-electron chi connectivity index (χ4n) is 1.68. The fourth-order valence-corrected chi connectivity index (χ4v) is 1.68. The minimum absolute atomic E-state index is 0.0543. The Morgan fingerprint density at radius 1 is 1.53 bits per heavy atom. The van der Waals surface area contributed by atoms with Gasteiger partial charge in [-0.15, -0.1) is 0 Å². The van der Waals surface area contributed by atoms with Gasteiger partial charge in [0.2, 0.25) is 0 Å². The molecule has 0 aliphatic carbocycles. The number of aryl methyl sites for hydroxylation is 1. The van der Waals surface area contributed by atoms with Gasteiger partial charge < -0.3 is 4.74 Å². The molecule has 1 aromatic rings. The summed E-state index contributed by atoms with van der Waals surface area (Å²) in [6, 6.07) is 5.35. The molecule has 0 spiro atoms. The molecule has 17 heavy (non-hydrogen) atoms. The Labute approximate surface area is 99.8 Å². The summed E-state index contributed by atoms with van der Waals surface area (Å²) >= 11 is 0. The number of benzene rings is 1. The number of methoxy groups -OCH3 is 1. The molecule has 0 aromatic heterocycles. The van der Waals surface area contributed by atoms with Crippen LogP contribution in [0.4, 0.5) is 0 Å². The van der Waals surface area contributed by atoms with Crippen molar-refractivity contribution in [3.63, 3.8) is 0 Å². The summed E-state index contributed by atoms with van der Waals surface area (Å²) in [7, 11) is 1.28. The second-order valence-electron chi connectivity index (χ2n) is 3.50. The lowest BCUT2D eigenvalue weighted by atomic mass is 9.94. The maximum absolute atomic E-state index is 11.3. The molecule has 0 amide bonds. The highest BCUT2D eigenvalue weighted by molar-refractivity contribution is 5.85. The number of hydrogen-bond acceptors (Lipinski definition) is 4. The number of rotatable bonds is 4. The minimum Gasteiger partial charge on any atom is -0.469 e. The summed E-state index contributed by atoms with van der Waals surface area (Å²) < 4.78 is 4.56. The summed E-state index contributed by atoms with van der Waals surface area (Å²) in [6.07, 6.45) is 1.31. The van der Waals surface area contributed by atoms with Crippen LogP contribution < -0.4 is 0 Å². The quantitative estimate of drug-likeness (QED) is 0.583. The van der Waals surface area contributed by atoms with Crippen LogP contribution in [0.3, 0.4) is 0 Å². The molecule has 88 valence electrons. The Hall–Kier alpha value is -2.15. The van der Waals surface area contributed by atoms with Gasteiger partial charge in [-0.25, -0.2) is 0 Å². The van der Waals surface area contributed by atoms with Gasteiger partial charge in [0, 0.05) is 5.56 Å². The monoisotopic (exact) mass is 231 g/mol. The summed E-state index contributed by atoms with van der Waals surface area (Å²) in [4.78, 5) is 22.4. The van der Waals surface area contributed by atoms with Crippen molar-refractivity contribution in [2.24, 2.45) is 0 Å². The maximum atomic E-state index is 11.3. The summed E-state index contributed by atoms with van der Waals surface area (Å²) in [5.41, 5.74) is 2.05. The van der Waals surface area contributed by atoms with E-state index in [1.54, 1.807) is 12.1 Å². The topological polar surface area (TPSA) is 67.2 Å². The van der Waals surface area contributed by atoms with Crippen molar-refractivity contribution >= 4 is 12.3 Å². The Bertz CT molecular complexity index is 486. The molecule has 0 saturated heterocycles. The molecule has 0 N–H and O–H groups in total. The van der Waals surface area contributed by atoms with Crippen LogP contribution in [0.2, 0.25) is 0 Å². The van der Waals surface area contributed by atoms with Gasteiger partial charge in [0.15, 0.2) is 6.29 Å². The standard InChI is InChI=1S/C13H13NO3/c1-3-9-4-5-10(7-14)11(12(9)8-15)6-13(16)17-2/h4-5,8H,3,6H2,1-2H3. The molecular weight excluding hydrogens is 218 g/mol. The zero-order valence-corrected chi connectivity index (χ0v) is 9.82. The van der Waals surface area contributed by atoms with Crippen LogP contribution in [0.1, 0.15) is 34.0 Å². The van der Waals surface area contributed by atoms with Crippen molar-refractivity contribution in [3.8, 4) is 6.07 Å². The average Bonchev–Trinajstić information content (AvgIpc) is 2.37. The maximum Gasteiger partial charge on any atom is 0.310 e. The van der Waals surface area contributed by atoms with E-state index in [4.69, 9.17) is 5.26 Å². The van der Waals surface area contributed by atoms with E-state index in [9.17, 15) is 9.59 Å². The van der Waals surface area contributed by atoms with Gasteiger partial charge in [-0.05, 0) is 23.6 Å². The number of carbonyl (C=O) groups excluding carboxylic acids is 2. The highest BCUT2D eigenvalue weighted by Crippen LogP contribution is 2.19. The Kier molecular flexibility index (Phi) is 4.41. The van der Waals surface area contributed by atoms with E-state index in [2.05, 4.69) is 4.74 Å². The first-order valence-corrected chi connectivity index (χ1v) is 5.24. The van der Waals surface area contributed by atoms with E-state index >= 15 is 0 Å². The molecule has 0 heterocycles. The van der Waals surface area contributed by atoms with Gasteiger partial charge in [-0.3, -0.25) is 9.59 Å². The Balaban J connectivity index is 3.36. The number of nitriles is 1. The van der Waals surface area contributed by atoms with Gasteiger partial charge in [0.25, 0.3) is 0 Å². The smallest absolute Gasteiger partial charge is 0.310 e. The van der Waals surface area contributed by atoms with E-state index in [0.29, 0.717) is 29.4 Å². The van der Waals surface area contributed by atoms with E-state index in [-0.39, 0.29) is 6.42 Å².